The average molecular weight is 295 g/mol. The number of benzene rings is 1. The highest BCUT2D eigenvalue weighted by Gasteiger charge is 2.50. The molecule has 0 bridgehead atoms. The number of carbonyl (C=O) groups is 1. The molecule has 0 aliphatic carbocycles. The lowest BCUT2D eigenvalue weighted by Crippen LogP contribution is -2.49. The fraction of sp³-hybridized carbons (Fsp3) is 0.500. The molecule has 2 unspecified atom stereocenters. The minimum atomic E-state index is -3.30. The Balaban J connectivity index is 2.07. The Kier molecular flexibility index (Phi) is 2.92. The number of hydrogen-bond acceptors (Lipinski definition) is 4. The van der Waals surface area contributed by atoms with Gasteiger partial charge in [0, 0.05) is 0 Å². The topological polar surface area (TPSA) is 74.7 Å². The summed E-state index contributed by atoms with van der Waals surface area (Å²) < 4.78 is 24.5. The summed E-state index contributed by atoms with van der Waals surface area (Å²) in [7, 11) is -3.30. The Labute approximate surface area is 118 Å². The summed E-state index contributed by atoms with van der Waals surface area (Å²) in [6, 6.07) is 6.57. The molecule has 108 valence electrons. The SMILES string of the molecule is CC1(C(=O)O)CCCN1C1CS(=O)(=O)c2ccccc21. The molecule has 3 rings (SSSR count). The van der Waals surface area contributed by atoms with E-state index in [-0.39, 0.29) is 11.8 Å². The van der Waals surface area contributed by atoms with Crippen molar-refractivity contribution in [3.05, 3.63) is 29.8 Å². The highest BCUT2D eigenvalue weighted by molar-refractivity contribution is 7.91. The Bertz CT molecular complexity index is 670. The van der Waals surface area contributed by atoms with Crippen LogP contribution in [0.3, 0.4) is 0 Å². The van der Waals surface area contributed by atoms with Crippen molar-refractivity contribution in [1.82, 2.24) is 4.90 Å². The number of nitrogens with zero attached hydrogens (tertiary/aromatic N) is 1. The number of aliphatic carboxylic acids is 1. The number of fused-ring (bicyclic) bond motifs is 1. The lowest BCUT2D eigenvalue weighted by Gasteiger charge is -2.35. The van der Waals surface area contributed by atoms with E-state index in [2.05, 4.69) is 0 Å². The quantitative estimate of drug-likeness (QED) is 0.894. The summed E-state index contributed by atoms with van der Waals surface area (Å²) >= 11 is 0. The first-order valence-electron chi connectivity index (χ1n) is 6.68. The van der Waals surface area contributed by atoms with Crippen LogP contribution < -0.4 is 0 Å². The lowest BCUT2D eigenvalue weighted by molar-refractivity contribution is -0.149. The Hall–Kier alpha value is -1.40. The van der Waals surface area contributed by atoms with Crippen molar-refractivity contribution in [2.24, 2.45) is 0 Å². The first kappa shape index (κ1) is 13.6. The summed E-state index contributed by atoms with van der Waals surface area (Å²) in [6.45, 7) is 2.31. The van der Waals surface area contributed by atoms with Crippen molar-refractivity contribution in [2.45, 2.75) is 36.2 Å². The van der Waals surface area contributed by atoms with Crippen molar-refractivity contribution < 1.29 is 18.3 Å². The molecular weight excluding hydrogens is 278 g/mol. The van der Waals surface area contributed by atoms with Gasteiger partial charge in [0.25, 0.3) is 0 Å². The molecule has 2 aliphatic heterocycles. The zero-order valence-electron chi connectivity index (χ0n) is 11.2. The van der Waals surface area contributed by atoms with Crippen LogP contribution in [0.25, 0.3) is 0 Å². The van der Waals surface area contributed by atoms with Gasteiger partial charge in [0.1, 0.15) is 5.54 Å². The van der Waals surface area contributed by atoms with Crippen LogP contribution in [-0.2, 0) is 14.6 Å². The predicted molar refractivity (Wildman–Crippen MR) is 73.2 cm³/mol. The molecule has 0 aromatic heterocycles. The molecular formula is C14H17NO4S. The van der Waals surface area contributed by atoms with E-state index in [0.29, 0.717) is 17.9 Å². The molecule has 5 nitrogen and oxygen atoms in total. The maximum atomic E-state index is 12.2. The zero-order chi connectivity index (χ0) is 14.5. The molecule has 0 saturated carbocycles. The molecule has 0 radical (unpaired) electrons. The van der Waals surface area contributed by atoms with Gasteiger partial charge in [-0.2, -0.15) is 0 Å². The van der Waals surface area contributed by atoms with Crippen LogP contribution in [0.1, 0.15) is 31.4 Å². The largest absolute Gasteiger partial charge is 0.480 e. The Morgan fingerprint density at radius 3 is 2.80 bits per heavy atom. The third-order valence-electron chi connectivity index (χ3n) is 4.52. The molecule has 1 aromatic carbocycles. The van der Waals surface area contributed by atoms with Gasteiger partial charge in [0.05, 0.1) is 16.7 Å². The number of rotatable bonds is 2. The normalized spacial score (nSPS) is 32.1. The van der Waals surface area contributed by atoms with E-state index in [9.17, 15) is 18.3 Å². The number of likely N-dealkylation sites (tertiary alicyclic amines) is 1. The van der Waals surface area contributed by atoms with Gasteiger partial charge in [-0.3, -0.25) is 9.69 Å². The van der Waals surface area contributed by atoms with Gasteiger partial charge in [-0.15, -0.1) is 0 Å². The molecule has 0 amide bonds. The van der Waals surface area contributed by atoms with E-state index in [0.717, 1.165) is 12.0 Å². The highest BCUT2D eigenvalue weighted by atomic mass is 32.2. The van der Waals surface area contributed by atoms with Crippen molar-refractivity contribution in [1.29, 1.82) is 0 Å². The molecule has 1 aromatic rings. The molecule has 1 saturated heterocycles. The standard InChI is InChI=1S/C14H17NO4S/c1-14(13(16)17)7-4-8-15(14)11-9-20(18,19)12-6-3-2-5-10(11)12/h2-3,5-6,11H,4,7-9H2,1H3,(H,16,17). The summed E-state index contributed by atoms with van der Waals surface area (Å²) in [5.41, 5.74) is -0.237. The van der Waals surface area contributed by atoms with Crippen molar-refractivity contribution in [3.63, 3.8) is 0 Å². The van der Waals surface area contributed by atoms with Crippen LogP contribution in [0.4, 0.5) is 0 Å². The van der Waals surface area contributed by atoms with Crippen molar-refractivity contribution in [2.75, 3.05) is 12.3 Å². The smallest absolute Gasteiger partial charge is 0.323 e. The van der Waals surface area contributed by atoms with Crippen LogP contribution in [-0.4, -0.2) is 42.2 Å². The second-order valence-electron chi connectivity index (χ2n) is 5.71. The Morgan fingerprint density at radius 2 is 2.10 bits per heavy atom. The second kappa shape index (κ2) is 4.30. The van der Waals surface area contributed by atoms with Gasteiger partial charge in [-0.25, -0.2) is 8.42 Å². The zero-order valence-corrected chi connectivity index (χ0v) is 12.1. The summed E-state index contributed by atoms with van der Waals surface area (Å²) in [6.07, 6.45) is 1.34. The monoisotopic (exact) mass is 295 g/mol. The van der Waals surface area contributed by atoms with Gasteiger partial charge in [0.15, 0.2) is 9.84 Å². The van der Waals surface area contributed by atoms with Crippen LogP contribution in [0.2, 0.25) is 0 Å². The molecule has 2 heterocycles. The Morgan fingerprint density at radius 1 is 1.40 bits per heavy atom. The van der Waals surface area contributed by atoms with Crippen LogP contribution in [0, 0.1) is 0 Å². The van der Waals surface area contributed by atoms with E-state index >= 15 is 0 Å². The average Bonchev–Trinajstić information content (AvgIpc) is 2.90. The van der Waals surface area contributed by atoms with Crippen LogP contribution in [0.15, 0.2) is 29.2 Å². The van der Waals surface area contributed by atoms with Gasteiger partial charge < -0.3 is 5.11 Å². The molecule has 1 N–H and O–H groups in total. The predicted octanol–water partition coefficient (Wildman–Crippen LogP) is 1.45. The maximum absolute atomic E-state index is 12.2. The van der Waals surface area contributed by atoms with Gasteiger partial charge in [-0.1, -0.05) is 18.2 Å². The van der Waals surface area contributed by atoms with Crippen LogP contribution in [0.5, 0.6) is 0 Å². The van der Waals surface area contributed by atoms with Crippen molar-refractivity contribution in [3.8, 4) is 0 Å². The number of sulfone groups is 1. The van der Waals surface area contributed by atoms with Gasteiger partial charge in [0.2, 0.25) is 0 Å². The summed E-state index contributed by atoms with van der Waals surface area (Å²) in [4.78, 5) is 13.8. The summed E-state index contributed by atoms with van der Waals surface area (Å²) in [5.74, 6) is -0.897. The molecule has 1 fully saturated rings. The van der Waals surface area contributed by atoms with E-state index in [1.54, 1.807) is 31.2 Å². The fourth-order valence-corrected chi connectivity index (χ4v) is 5.20. The first-order valence-corrected chi connectivity index (χ1v) is 8.33. The third-order valence-corrected chi connectivity index (χ3v) is 6.32. The maximum Gasteiger partial charge on any atom is 0.323 e. The summed E-state index contributed by atoms with van der Waals surface area (Å²) in [5, 5.41) is 9.49. The molecule has 2 aliphatic rings. The molecule has 6 heteroatoms. The van der Waals surface area contributed by atoms with Crippen LogP contribution >= 0.6 is 0 Å². The first-order chi connectivity index (χ1) is 9.36. The van der Waals surface area contributed by atoms with Gasteiger partial charge >= 0.3 is 5.97 Å². The number of hydrogen-bond donors (Lipinski definition) is 1. The lowest BCUT2D eigenvalue weighted by atomic mass is 9.96. The molecule has 0 spiro atoms. The van der Waals surface area contributed by atoms with Crippen molar-refractivity contribution >= 4 is 15.8 Å². The second-order valence-corrected chi connectivity index (χ2v) is 7.71. The molecule has 20 heavy (non-hydrogen) atoms. The third kappa shape index (κ3) is 1.78. The van der Waals surface area contributed by atoms with E-state index < -0.39 is 21.3 Å². The number of carboxylic acids is 1. The highest BCUT2D eigenvalue weighted by Crippen LogP contribution is 2.43. The fourth-order valence-electron chi connectivity index (χ4n) is 3.40. The molecule has 2 atom stereocenters. The van der Waals surface area contributed by atoms with Gasteiger partial charge in [-0.05, 0) is 37.9 Å². The van der Waals surface area contributed by atoms with E-state index in [1.807, 2.05) is 4.90 Å². The minimum absolute atomic E-state index is 0.0186. The van der Waals surface area contributed by atoms with E-state index in [4.69, 9.17) is 0 Å². The number of carboxylic acid groups (broad SMARTS) is 1. The minimum Gasteiger partial charge on any atom is -0.480 e. The van der Waals surface area contributed by atoms with E-state index in [1.165, 1.54) is 0 Å².